The van der Waals surface area contributed by atoms with Crippen molar-refractivity contribution in [3.05, 3.63) is 64.6 Å². The topological polar surface area (TPSA) is 185 Å². The van der Waals surface area contributed by atoms with Crippen LogP contribution in [0.3, 0.4) is 0 Å². The Bertz CT molecular complexity index is 2200. The standard InChI is InChI=1S/C40H45FN6O10/c1-9-51-32(48)21-53-26-11-23(19-42-6)13-28(17-26)55-37-34-30-15-25(41)16-31(47(8)39(50)57-40(3,4)5)35(30)44-36(34)45-38(46-37)56-29-14-24(20-43-7)12-27(18-29)54-22-33(49)52-10-2/h11-15,17-19,31H,7,9-10,16,20-22H2,1-6,8H3,(H,44,45,46). The SMILES string of the molecule is C=NCc1cc(OCC(=O)OCC)cc(Oc2nc(Oc3cc(C=NC)cc(OCC(=O)OCC)c3)c3c4c([nH]c3n2)C(N(C)C(=O)OC(C)(C)C)CC(F)=C4)c1. The van der Waals surface area contributed by atoms with Gasteiger partial charge in [0.15, 0.2) is 13.2 Å². The summed E-state index contributed by atoms with van der Waals surface area (Å²) in [6, 6.07) is 8.72. The van der Waals surface area contributed by atoms with Gasteiger partial charge in [-0.15, -0.1) is 0 Å². The van der Waals surface area contributed by atoms with Gasteiger partial charge in [-0.25, -0.2) is 18.8 Å². The summed E-state index contributed by atoms with van der Waals surface area (Å²) in [5.41, 5.74) is 1.41. The van der Waals surface area contributed by atoms with E-state index in [-0.39, 0.29) is 85.3 Å². The number of benzene rings is 2. The van der Waals surface area contributed by atoms with Crippen LogP contribution in [0.1, 0.15) is 69.5 Å². The molecule has 4 aromatic rings. The van der Waals surface area contributed by atoms with Crippen LogP contribution in [0.5, 0.6) is 34.9 Å². The van der Waals surface area contributed by atoms with Crippen molar-refractivity contribution in [3.63, 3.8) is 0 Å². The largest absolute Gasteiger partial charge is 0.482 e. The number of fused-ring (bicyclic) bond motifs is 3. The Kier molecular flexibility index (Phi) is 13.4. The Morgan fingerprint density at radius 2 is 1.56 bits per heavy atom. The van der Waals surface area contributed by atoms with Crippen molar-refractivity contribution in [1.29, 1.82) is 0 Å². The lowest BCUT2D eigenvalue weighted by Gasteiger charge is -2.31. The Balaban J connectivity index is 1.63. The monoisotopic (exact) mass is 788 g/mol. The third kappa shape index (κ3) is 11.0. The summed E-state index contributed by atoms with van der Waals surface area (Å²) in [7, 11) is 3.12. The predicted molar refractivity (Wildman–Crippen MR) is 208 cm³/mol. The summed E-state index contributed by atoms with van der Waals surface area (Å²) in [4.78, 5) is 59.2. The minimum Gasteiger partial charge on any atom is -0.482 e. The fourth-order valence-corrected chi connectivity index (χ4v) is 5.77. The van der Waals surface area contributed by atoms with Gasteiger partial charge >= 0.3 is 24.0 Å². The van der Waals surface area contributed by atoms with Crippen LogP contribution in [-0.4, -0.2) is 96.9 Å². The first-order valence-corrected chi connectivity index (χ1v) is 18.0. The zero-order chi connectivity index (χ0) is 41.3. The lowest BCUT2D eigenvalue weighted by atomic mass is 9.96. The van der Waals surface area contributed by atoms with Gasteiger partial charge in [0.05, 0.1) is 31.2 Å². The highest BCUT2D eigenvalue weighted by atomic mass is 19.1. The number of ether oxygens (including phenoxy) is 7. The van der Waals surface area contributed by atoms with E-state index in [2.05, 4.69) is 31.7 Å². The highest BCUT2D eigenvalue weighted by Gasteiger charge is 2.35. The van der Waals surface area contributed by atoms with Crippen molar-refractivity contribution in [1.82, 2.24) is 19.9 Å². The second-order valence-corrected chi connectivity index (χ2v) is 13.6. The van der Waals surface area contributed by atoms with E-state index >= 15 is 4.39 Å². The molecular weight excluding hydrogens is 743 g/mol. The number of carbonyl (C=O) groups excluding carboxylic acids is 3. The van der Waals surface area contributed by atoms with E-state index in [1.165, 1.54) is 30.2 Å². The number of esters is 2. The quantitative estimate of drug-likeness (QED) is 0.0680. The highest BCUT2D eigenvalue weighted by Crippen LogP contribution is 2.44. The number of H-pyrrole nitrogens is 1. The van der Waals surface area contributed by atoms with Gasteiger partial charge in [-0.3, -0.25) is 9.98 Å². The van der Waals surface area contributed by atoms with E-state index < -0.39 is 35.5 Å². The molecule has 0 bridgehead atoms. The van der Waals surface area contributed by atoms with E-state index in [1.54, 1.807) is 72.1 Å². The first-order valence-electron chi connectivity index (χ1n) is 18.0. The zero-order valence-corrected chi connectivity index (χ0v) is 32.8. The van der Waals surface area contributed by atoms with Crippen LogP contribution in [0.25, 0.3) is 17.1 Å². The normalized spacial score (nSPS) is 13.7. The van der Waals surface area contributed by atoms with Crippen LogP contribution in [0.2, 0.25) is 0 Å². The molecule has 1 atom stereocenters. The fraction of sp³-hybridized carbons (Fsp3) is 0.375. The van der Waals surface area contributed by atoms with Crippen LogP contribution in [-0.2, 0) is 30.3 Å². The molecule has 16 nitrogen and oxygen atoms in total. The number of hydrogen-bond donors (Lipinski definition) is 1. The molecule has 0 saturated heterocycles. The first kappa shape index (κ1) is 41.6. The van der Waals surface area contributed by atoms with Crippen LogP contribution < -0.4 is 18.9 Å². The second-order valence-electron chi connectivity index (χ2n) is 13.6. The van der Waals surface area contributed by atoms with Gasteiger partial charge in [0.1, 0.15) is 40.1 Å². The second kappa shape index (κ2) is 18.4. The number of aromatic amines is 1. The number of nitrogens with zero attached hydrogens (tertiary/aromatic N) is 5. The molecule has 0 radical (unpaired) electrons. The van der Waals surface area contributed by atoms with Crippen molar-refractivity contribution < 1.29 is 51.9 Å². The smallest absolute Gasteiger partial charge is 0.410 e. The molecular formula is C40H45FN6O10. The van der Waals surface area contributed by atoms with Gasteiger partial charge in [0, 0.05) is 50.1 Å². The number of rotatable bonds is 16. The number of hydrogen-bond acceptors (Lipinski definition) is 14. The Labute approximate surface area is 328 Å². The van der Waals surface area contributed by atoms with Crippen molar-refractivity contribution in [2.75, 3.05) is 40.5 Å². The van der Waals surface area contributed by atoms with Crippen LogP contribution in [0.15, 0.2) is 52.2 Å². The van der Waals surface area contributed by atoms with Crippen LogP contribution >= 0.6 is 0 Å². The van der Waals surface area contributed by atoms with Crippen molar-refractivity contribution in [2.45, 2.75) is 59.2 Å². The average molecular weight is 789 g/mol. The molecule has 1 N–H and O–H groups in total. The number of amides is 1. The van der Waals surface area contributed by atoms with Crippen LogP contribution in [0, 0.1) is 0 Å². The minimum absolute atomic E-state index is 0.0539. The maximum atomic E-state index is 15.5. The lowest BCUT2D eigenvalue weighted by molar-refractivity contribution is -0.146. The van der Waals surface area contributed by atoms with Gasteiger partial charge in [-0.05, 0) is 82.8 Å². The molecule has 0 spiro atoms. The van der Waals surface area contributed by atoms with Gasteiger partial charge in [0.25, 0.3) is 0 Å². The van der Waals surface area contributed by atoms with Crippen molar-refractivity contribution in [2.24, 2.45) is 9.98 Å². The first-order chi connectivity index (χ1) is 27.2. The number of halogens is 1. The van der Waals surface area contributed by atoms with E-state index in [0.717, 1.165) is 0 Å². The summed E-state index contributed by atoms with van der Waals surface area (Å²) < 4.78 is 55.1. The summed E-state index contributed by atoms with van der Waals surface area (Å²) in [6.45, 7) is 12.0. The molecule has 0 fully saturated rings. The lowest BCUT2D eigenvalue weighted by Crippen LogP contribution is -2.37. The third-order valence-corrected chi connectivity index (χ3v) is 8.00. The van der Waals surface area contributed by atoms with Crippen molar-refractivity contribution in [3.8, 4) is 34.9 Å². The van der Waals surface area contributed by atoms with E-state index in [4.69, 9.17) is 33.2 Å². The van der Waals surface area contributed by atoms with E-state index in [9.17, 15) is 14.4 Å². The Hall–Kier alpha value is -6.52. The summed E-state index contributed by atoms with van der Waals surface area (Å²) in [5.74, 6) is -0.690. The van der Waals surface area contributed by atoms with Crippen molar-refractivity contribution >= 4 is 48.1 Å². The number of nitrogens with one attached hydrogen (secondary N) is 1. The van der Waals surface area contributed by atoms with Gasteiger partial charge in [0.2, 0.25) is 5.88 Å². The molecule has 1 aliphatic rings. The van der Waals surface area contributed by atoms with E-state index in [1.807, 2.05) is 0 Å². The summed E-state index contributed by atoms with van der Waals surface area (Å²) in [5, 5.41) is 0.279. The molecule has 1 unspecified atom stereocenters. The molecule has 57 heavy (non-hydrogen) atoms. The third-order valence-electron chi connectivity index (χ3n) is 8.00. The molecule has 5 rings (SSSR count). The number of aliphatic imine (C=N–C) groups is 2. The summed E-state index contributed by atoms with van der Waals surface area (Å²) in [6.07, 6.45) is 2.10. The summed E-state index contributed by atoms with van der Waals surface area (Å²) >= 11 is 0. The van der Waals surface area contributed by atoms with Gasteiger partial charge < -0.3 is 43.0 Å². The Morgan fingerprint density at radius 3 is 2.18 bits per heavy atom. The zero-order valence-electron chi connectivity index (χ0n) is 32.8. The highest BCUT2D eigenvalue weighted by molar-refractivity contribution is 5.94. The maximum Gasteiger partial charge on any atom is 0.410 e. The molecule has 2 aromatic heterocycles. The molecule has 0 saturated carbocycles. The van der Waals surface area contributed by atoms with E-state index in [0.29, 0.717) is 22.4 Å². The molecule has 2 heterocycles. The Morgan fingerprint density at radius 1 is 0.947 bits per heavy atom. The molecule has 0 aliphatic heterocycles. The molecule has 1 aliphatic carbocycles. The van der Waals surface area contributed by atoms with Gasteiger partial charge in [-0.1, -0.05) is 0 Å². The maximum absolute atomic E-state index is 15.5. The van der Waals surface area contributed by atoms with Crippen LogP contribution in [0.4, 0.5) is 9.18 Å². The predicted octanol–water partition coefficient (Wildman–Crippen LogP) is 7.30. The molecule has 1 amide bonds. The molecule has 2 aromatic carbocycles. The average Bonchev–Trinajstić information content (AvgIpc) is 3.50. The molecule has 17 heteroatoms. The van der Waals surface area contributed by atoms with Gasteiger partial charge in [-0.2, -0.15) is 9.97 Å². The fourth-order valence-electron chi connectivity index (χ4n) is 5.77. The number of aromatic nitrogens is 3. The number of carbonyl (C=O) groups is 3. The minimum atomic E-state index is -0.819. The molecule has 302 valence electrons.